The van der Waals surface area contributed by atoms with Gasteiger partial charge in [0.15, 0.2) is 11.5 Å². The Morgan fingerprint density at radius 2 is 1.86 bits per heavy atom. The van der Waals surface area contributed by atoms with E-state index in [4.69, 9.17) is 9.47 Å². The molecule has 1 aliphatic carbocycles. The van der Waals surface area contributed by atoms with Crippen LogP contribution in [0.3, 0.4) is 0 Å². The van der Waals surface area contributed by atoms with Crippen LogP contribution in [-0.2, 0) is 11.2 Å². The third-order valence-electron chi connectivity index (χ3n) is 4.44. The molecule has 0 amide bonds. The van der Waals surface area contributed by atoms with Gasteiger partial charge in [-0.25, -0.2) is 0 Å². The van der Waals surface area contributed by atoms with Crippen molar-refractivity contribution >= 4 is 5.97 Å². The van der Waals surface area contributed by atoms with Crippen molar-refractivity contribution in [3.63, 3.8) is 0 Å². The molecule has 0 atom stereocenters. The zero-order valence-corrected chi connectivity index (χ0v) is 12.6. The fourth-order valence-corrected chi connectivity index (χ4v) is 3.13. The summed E-state index contributed by atoms with van der Waals surface area (Å²) in [6.45, 7) is 3.48. The van der Waals surface area contributed by atoms with Crippen molar-refractivity contribution in [3.8, 4) is 11.5 Å². The number of benzene rings is 1. The number of fused-ring (bicyclic) bond motifs is 1. The maximum atomic E-state index is 11.2. The Kier molecular flexibility index (Phi) is 3.34. The summed E-state index contributed by atoms with van der Waals surface area (Å²) < 4.78 is 12.1. The van der Waals surface area contributed by atoms with Crippen molar-refractivity contribution in [3.05, 3.63) is 23.8 Å². The molecule has 3 rings (SSSR count). The lowest BCUT2D eigenvalue weighted by Gasteiger charge is -2.31. The van der Waals surface area contributed by atoms with E-state index in [-0.39, 0.29) is 0 Å². The van der Waals surface area contributed by atoms with Crippen LogP contribution in [0.4, 0.5) is 0 Å². The Labute approximate surface area is 125 Å². The summed E-state index contributed by atoms with van der Waals surface area (Å²) >= 11 is 0. The van der Waals surface area contributed by atoms with Gasteiger partial charge in [-0.2, -0.15) is 0 Å². The number of rotatable bonds is 3. The van der Waals surface area contributed by atoms with Crippen LogP contribution in [0.1, 0.15) is 51.5 Å². The van der Waals surface area contributed by atoms with Crippen molar-refractivity contribution in [2.24, 2.45) is 5.41 Å². The average Bonchev–Trinajstić information content (AvgIpc) is 2.75. The van der Waals surface area contributed by atoms with E-state index in [1.54, 1.807) is 13.8 Å². The van der Waals surface area contributed by atoms with Crippen LogP contribution in [0.5, 0.6) is 11.5 Å². The molecule has 4 heteroatoms. The van der Waals surface area contributed by atoms with Crippen molar-refractivity contribution in [2.45, 2.75) is 58.2 Å². The molecule has 0 bridgehead atoms. The monoisotopic (exact) mass is 290 g/mol. The van der Waals surface area contributed by atoms with Gasteiger partial charge in [-0.1, -0.05) is 12.5 Å². The fourth-order valence-electron chi connectivity index (χ4n) is 3.13. The molecule has 0 unspecified atom stereocenters. The van der Waals surface area contributed by atoms with Gasteiger partial charge >= 0.3 is 5.97 Å². The van der Waals surface area contributed by atoms with Crippen LogP contribution in [0, 0.1) is 5.41 Å². The number of hydrogen-bond donors (Lipinski definition) is 1. The summed E-state index contributed by atoms with van der Waals surface area (Å²) in [5.41, 5.74) is 0.188. The number of ether oxygens (including phenoxy) is 2. The number of carboxylic acid groups (broad SMARTS) is 1. The van der Waals surface area contributed by atoms with Gasteiger partial charge in [0.1, 0.15) is 0 Å². The molecule has 1 aliphatic heterocycles. The van der Waals surface area contributed by atoms with E-state index in [1.165, 1.54) is 6.42 Å². The molecule has 0 radical (unpaired) electrons. The van der Waals surface area contributed by atoms with Gasteiger partial charge in [-0.05, 0) is 50.8 Å². The first-order valence-corrected chi connectivity index (χ1v) is 7.65. The van der Waals surface area contributed by atoms with Gasteiger partial charge in [0.05, 0.1) is 5.41 Å². The van der Waals surface area contributed by atoms with Crippen molar-refractivity contribution in [1.29, 1.82) is 0 Å². The molecule has 1 saturated carbocycles. The molecule has 1 aromatic carbocycles. The maximum Gasteiger partial charge on any atom is 0.309 e. The summed E-state index contributed by atoms with van der Waals surface area (Å²) in [6, 6.07) is 5.78. The average molecular weight is 290 g/mol. The fraction of sp³-hybridized carbons (Fsp3) is 0.588. The Morgan fingerprint density at radius 3 is 2.52 bits per heavy atom. The zero-order chi connectivity index (χ0) is 15.1. The molecule has 0 saturated heterocycles. The van der Waals surface area contributed by atoms with Crippen LogP contribution < -0.4 is 9.47 Å². The molecule has 2 aliphatic rings. The molecule has 1 spiro atoms. The molecule has 1 N–H and O–H groups in total. The van der Waals surface area contributed by atoms with Crippen LogP contribution in [-0.4, -0.2) is 16.9 Å². The first kappa shape index (κ1) is 14.2. The summed E-state index contributed by atoms with van der Waals surface area (Å²) in [5.74, 6) is 0.287. The summed E-state index contributed by atoms with van der Waals surface area (Å²) in [6.07, 6.45) is 5.84. The summed E-state index contributed by atoms with van der Waals surface area (Å²) in [5, 5.41) is 9.24. The lowest BCUT2D eigenvalue weighted by molar-refractivity contribution is -0.146. The highest BCUT2D eigenvalue weighted by Crippen LogP contribution is 2.46. The van der Waals surface area contributed by atoms with Gasteiger partial charge in [-0.15, -0.1) is 0 Å². The first-order valence-electron chi connectivity index (χ1n) is 7.65. The minimum atomic E-state index is -0.788. The third-order valence-corrected chi connectivity index (χ3v) is 4.44. The number of hydrogen-bond acceptors (Lipinski definition) is 3. The van der Waals surface area contributed by atoms with Crippen LogP contribution in [0.15, 0.2) is 18.2 Å². The quantitative estimate of drug-likeness (QED) is 0.920. The Hall–Kier alpha value is -1.71. The minimum absolute atomic E-state index is 0.471. The summed E-state index contributed by atoms with van der Waals surface area (Å²) in [4.78, 5) is 11.2. The molecule has 4 nitrogen and oxygen atoms in total. The molecule has 21 heavy (non-hydrogen) atoms. The normalized spacial score (nSPS) is 19.7. The largest absolute Gasteiger partial charge is 0.481 e. The van der Waals surface area contributed by atoms with Gasteiger partial charge in [0, 0.05) is 12.8 Å². The van der Waals surface area contributed by atoms with E-state index in [2.05, 4.69) is 0 Å². The second kappa shape index (κ2) is 4.93. The van der Waals surface area contributed by atoms with E-state index in [0.717, 1.165) is 42.7 Å². The standard InChI is InChI=1S/C17H22O4/c1-16(2,15(18)19)11-12-6-7-13-14(10-12)21-17(20-13)8-4-3-5-9-17/h6-7,10H,3-5,8-9,11H2,1-2H3,(H,18,19). The van der Waals surface area contributed by atoms with E-state index in [0.29, 0.717) is 6.42 Å². The minimum Gasteiger partial charge on any atom is -0.481 e. The van der Waals surface area contributed by atoms with Gasteiger partial charge in [-0.3, -0.25) is 4.79 Å². The highest BCUT2D eigenvalue weighted by atomic mass is 16.7. The first-order chi connectivity index (χ1) is 9.90. The van der Waals surface area contributed by atoms with Crippen molar-refractivity contribution in [2.75, 3.05) is 0 Å². The van der Waals surface area contributed by atoms with Crippen LogP contribution in [0.25, 0.3) is 0 Å². The van der Waals surface area contributed by atoms with E-state index >= 15 is 0 Å². The van der Waals surface area contributed by atoms with Gasteiger partial charge in [0.2, 0.25) is 0 Å². The van der Waals surface area contributed by atoms with Crippen LogP contribution >= 0.6 is 0 Å². The predicted octanol–water partition coefficient (Wildman–Crippen LogP) is 3.77. The lowest BCUT2D eigenvalue weighted by Crippen LogP contribution is -2.40. The molecular formula is C17H22O4. The number of carboxylic acids is 1. The molecule has 114 valence electrons. The smallest absolute Gasteiger partial charge is 0.309 e. The second-order valence-corrected chi connectivity index (χ2v) is 6.82. The Balaban J connectivity index is 1.79. The van der Waals surface area contributed by atoms with E-state index < -0.39 is 17.2 Å². The molecule has 1 heterocycles. The third kappa shape index (κ3) is 2.71. The van der Waals surface area contributed by atoms with E-state index in [1.807, 2.05) is 18.2 Å². The maximum absolute atomic E-state index is 11.2. The molecule has 1 aromatic rings. The lowest BCUT2D eigenvalue weighted by atomic mass is 9.86. The zero-order valence-electron chi connectivity index (χ0n) is 12.6. The van der Waals surface area contributed by atoms with Crippen LogP contribution in [0.2, 0.25) is 0 Å². The van der Waals surface area contributed by atoms with Gasteiger partial charge in [0.25, 0.3) is 5.79 Å². The SMILES string of the molecule is CC(C)(Cc1ccc2c(c1)OC1(CCCCC1)O2)C(=O)O. The van der Waals surface area contributed by atoms with Crippen molar-refractivity contribution < 1.29 is 19.4 Å². The number of carbonyl (C=O) groups is 1. The highest BCUT2D eigenvalue weighted by molar-refractivity contribution is 5.74. The second-order valence-electron chi connectivity index (χ2n) is 6.82. The highest BCUT2D eigenvalue weighted by Gasteiger charge is 2.42. The molecule has 1 fully saturated rings. The Bertz CT molecular complexity index is 556. The van der Waals surface area contributed by atoms with Crippen molar-refractivity contribution in [1.82, 2.24) is 0 Å². The topological polar surface area (TPSA) is 55.8 Å². The molecule has 0 aromatic heterocycles. The van der Waals surface area contributed by atoms with E-state index in [9.17, 15) is 9.90 Å². The predicted molar refractivity (Wildman–Crippen MR) is 78.6 cm³/mol. The molecular weight excluding hydrogens is 268 g/mol. The Morgan fingerprint density at radius 1 is 1.19 bits per heavy atom. The summed E-state index contributed by atoms with van der Waals surface area (Å²) in [7, 11) is 0. The number of aliphatic carboxylic acids is 1. The van der Waals surface area contributed by atoms with Gasteiger partial charge < -0.3 is 14.6 Å².